The molecule has 0 unspecified atom stereocenters. The average Bonchev–Trinajstić information content (AvgIpc) is 2.61. The summed E-state index contributed by atoms with van der Waals surface area (Å²) in [6, 6.07) is 4.29. The maximum atomic E-state index is 5.41. The van der Waals surface area contributed by atoms with Crippen molar-refractivity contribution in [2.24, 2.45) is 7.05 Å². The molecule has 3 heteroatoms. The number of nitrogens with one attached hydrogen (secondary N) is 1. The predicted octanol–water partition coefficient (Wildman–Crippen LogP) is 2.92. The third kappa shape index (κ3) is 1.84. The number of rotatable bonds is 1. The third-order valence-electron chi connectivity index (χ3n) is 4.28. The van der Waals surface area contributed by atoms with Crippen molar-refractivity contribution in [3.8, 4) is 5.75 Å². The number of benzene rings is 1. The topological polar surface area (TPSA) is 26.2 Å². The molecular weight excluding hydrogens is 236 g/mol. The molecule has 0 bridgehead atoms. The molecule has 1 N–H and O–H groups in total. The molecule has 102 valence electrons. The van der Waals surface area contributed by atoms with Gasteiger partial charge in [0, 0.05) is 36.6 Å². The Labute approximate surface area is 114 Å². The number of methoxy groups -OCH3 is 1. The first-order chi connectivity index (χ1) is 8.93. The summed E-state index contributed by atoms with van der Waals surface area (Å²) in [6.07, 6.45) is 1.06. The molecule has 0 aliphatic carbocycles. The van der Waals surface area contributed by atoms with Crippen LogP contribution in [0.1, 0.15) is 30.7 Å². The predicted molar refractivity (Wildman–Crippen MR) is 78.8 cm³/mol. The van der Waals surface area contributed by atoms with Crippen LogP contribution in [0.15, 0.2) is 12.1 Å². The van der Waals surface area contributed by atoms with Gasteiger partial charge >= 0.3 is 0 Å². The SMILES string of the molecule is COc1cc(C)c2c(c1)c1c(n2C)CC(C)(C)NC1. The monoisotopic (exact) mass is 258 g/mol. The fourth-order valence-electron chi connectivity index (χ4n) is 3.26. The number of aryl methyl sites for hydroxylation is 2. The Morgan fingerprint density at radius 1 is 1.32 bits per heavy atom. The van der Waals surface area contributed by atoms with Crippen molar-refractivity contribution in [3.63, 3.8) is 0 Å². The maximum Gasteiger partial charge on any atom is 0.119 e. The summed E-state index contributed by atoms with van der Waals surface area (Å²) in [4.78, 5) is 0. The zero-order valence-corrected chi connectivity index (χ0v) is 12.4. The molecular formula is C16H22N2O. The first kappa shape index (κ1) is 12.5. The van der Waals surface area contributed by atoms with Gasteiger partial charge < -0.3 is 14.6 Å². The molecule has 0 fully saturated rings. The van der Waals surface area contributed by atoms with E-state index in [0.29, 0.717) is 0 Å². The summed E-state index contributed by atoms with van der Waals surface area (Å²) in [7, 11) is 3.92. The van der Waals surface area contributed by atoms with Crippen LogP contribution in [0, 0.1) is 6.92 Å². The zero-order chi connectivity index (χ0) is 13.8. The minimum absolute atomic E-state index is 0.174. The minimum atomic E-state index is 0.174. The molecule has 3 nitrogen and oxygen atoms in total. The zero-order valence-electron chi connectivity index (χ0n) is 12.4. The van der Waals surface area contributed by atoms with Crippen LogP contribution in [-0.4, -0.2) is 17.2 Å². The highest BCUT2D eigenvalue weighted by atomic mass is 16.5. The van der Waals surface area contributed by atoms with E-state index in [1.165, 1.54) is 27.7 Å². The molecule has 2 aromatic rings. The molecule has 0 spiro atoms. The van der Waals surface area contributed by atoms with Crippen molar-refractivity contribution in [1.82, 2.24) is 9.88 Å². The Morgan fingerprint density at radius 2 is 2.05 bits per heavy atom. The Morgan fingerprint density at radius 3 is 2.74 bits per heavy atom. The second kappa shape index (κ2) is 4.01. The van der Waals surface area contributed by atoms with E-state index in [1.807, 2.05) is 0 Å². The number of hydrogen-bond acceptors (Lipinski definition) is 2. The molecule has 0 amide bonds. The van der Waals surface area contributed by atoms with Crippen LogP contribution >= 0.6 is 0 Å². The van der Waals surface area contributed by atoms with Crippen molar-refractivity contribution >= 4 is 10.9 Å². The quantitative estimate of drug-likeness (QED) is 0.851. The highest BCUT2D eigenvalue weighted by molar-refractivity contribution is 5.89. The van der Waals surface area contributed by atoms with Gasteiger partial charge in [-0.25, -0.2) is 0 Å². The lowest BCUT2D eigenvalue weighted by Crippen LogP contribution is -2.44. The molecule has 0 radical (unpaired) electrons. The summed E-state index contributed by atoms with van der Waals surface area (Å²) in [6.45, 7) is 7.63. The van der Waals surface area contributed by atoms with Gasteiger partial charge in [0.05, 0.1) is 12.6 Å². The van der Waals surface area contributed by atoms with E-state index in [-0.39, 0.29) is 5.54 Å². The normalized spacial score (nSPS) is 17.5. The van der Waals surface area contributed by atoms with Crippen molar-refractivity contribution in [2.45, 2.75) is 39.3 Å². The summed E-state index contributed by atoms with van der Waals surface area (Å²) < 4.78 is 7.78. The smallest absolute Gasteiger partial charge is 0.119 e. The number of nitrogens with zero attached hydrogens (tertiary/aromatic N) is 1. The van der Waals surface area contributed by atoms with Crippen molar-refractivity contribution in [2.75, 3.05) is 7.11 Å². The molecule has 0 saturated heterocycles. The lowest BCUT2D eigenvalue weighted by atomic mass is 9.91. The molecule has 1 aliphatic rings. The van der Waals surface area contributed by atoms with Crippen LogP contribution in [0.4, 0.5) is 0 Å². The standard InChI is InChI=1S/C16H22N2O/c1-10-6-11(19-5)7-12-13-9-17-16(2,3)8-14(13)18(4)15(10)12/h6-7,17H,8-9H2,1-5H3. The molecule has 19 heavy (non-hydrogen) atoms. The fraction of sp³-hybridized carbons (Fsp3) is 0.500. The van der Waals surface area contributed by atoms with Crippen LogP contribution in [0.5, 0.6) is 5.75 Å². The summed E-state index contributed by atoms with van der Waals surface area (Å²) >= 11 is 0. The Kier molecular flexibility index (Phi) is 2.65. The van der Waals surface area contributed by atoms with Gasteiger partial charge in [-0.1, -0.05) is 0 Å². The van der Waals surface area contributed by atoms with E-state index in [1.54, 1.807) is 7.11 Å². The van der Waals surface area contributed by atoms with Crippen LogP contribution in [-0.2, 0) is 20.0 Å². The number of fused-ring (bicyclic) bond motifs is 3. The van der Waals surface area contributed by atoms with Gasteiger partial charge in [-0.2, -0.15) is 0 Å². The second-order valence-electron chi connectivity index (χ2n) is 6.24. The van der Waals surface area contributed by atoms with Crippen LogP contribution in [0.3, 0.4) is 0 Å². The van der Waals surface area contributed by atoms with Crippen molar-refractivity contribution < 1.29 is 4.74 Å². The Bertz CT molecular complexity index is 653. The van der Waals surface area contributed by atoms with E-state index in [2.05, 4.69) is 49.8 Å². The van der Waals surface area contributed by atoms with Gasteiger partial charge in [0.1, 0.15) is 5.75 Å². The molecule has 1 aromatic carbocycles. The van der Waals surface area contributed by atoms with Crippen molar-refractivity contribution in [1.29, 1.82) is 0 Å². The number of hydrogen-bond donors (Lipinski definition) is 1. The first-order valence-electron chi connectivity index (χ1n) is 6.83. The largest absolute Gasteiger partial charge is 0.497 e. The van der Waals surface area contributed by atoms with Gasteiger partial charge in [-0.15, -0.1) is 0 Å². The average molecular weight is 258 g/mol. The second-order valence-corrected chi connectivity index (χ2v) is 6.24. The van der Waals surface area contributed by atoms with Gasteiger partial charge in [-0.05, 0) is 44.0 Å². The molecule has 2 heterocycles. The Balaban J connectivity index is 2.31. The highest BCUT2D eigenvalue weighted by Gasteiger charge is 2.29. The van der Waals surface area contributed by atoms with E-state index >= 15 is 0 Å². The van der Waals surface area contributed by atoms with Crippen molar-refractivity contribution in [3.05, 3.63) is 29.0 Å². The third-order valence-corrected chi connectivity index (χ3v) is 4.28. The number of aromatic nitrogens is 1. The molecule has 0 atom stereocenters. The van der Waals surface area contributed by atoms with Crippen LogP contribution < -0.4 is 10.1 Å². The first-order valence-corrected chi connectivity index (χ1v) is 6.83. The Hall–Kier alpha value is -1.48. The minimum Gasteiger partial charge on any atom is -0.497 e. The number of ether oxygens (including phenoxy) is 1. The van der Waals surface area contributed by atoms with E-state index in [9.17, 15) is 0 Å². The van der Waals surface area contributed by atoms with E-state index in [0.717, 1.165) is 18.7 Å². The van der Waals surface area contributed by atoms with Gasteiger partial charge in [0.2, 0.25) is 0 Å². The summed E-state index contributed by atoms with van der Waals surface area (Å²) in [5.41, 5.74) is 5.68. The molecule has 0 saturated carbocycles. The molecule has 1 aliphatic heterocycles. The van der Waals surface area contributed by atoms with Gasteiger partial charge in [-0.3, -0.25) is 0 Å². The summed E-state index contributed by atoms with van der Waals surface area (Å²) in [5, 5.41) is 4.95. The highest BCUT2D eigenvalue weighted by Crippen LogP contribution is 2.35. The fourth-order valence-corrected chi connectivity index (χ4v) is 3.26. The molecule has 3 rings (SSSR count). The van der Waals surface area contributed by atoms with Gasteiger partial charge in [0.15, 0.2) is 0 Å². The molecule has 1 aromatic heterocycles. The van der Waals surface area contributed by atoms with E-state index < -0.39 is 0 Å². The van der Waals surface area contributed by atoms with Crippen LogP contribution in [0.25, 0.3) is 10.9 Å². The van der Waals surface area contributed by atoms with Crippen LogP contribution in [0.2, 0.25) is 0 Å². The van der Waals surface area contributed by atoms with E-state index in [4.69, 9.17) is 4.74 Å². The van der Waals surface area contributed by atoms with Gasteiger partial charge in [0.25, 0.3) is 0 Å². The lowest BCUT2D eigenvalue weighted by Gasteiger charge is -2.32. The lowest BCUT2D eigenvalue weighted by molar-refractivity contribution is 0.356. The maximum absolute atomic E-state index is 5.41. The summed E-state index contributed by atoms with van der Waals surface area (Å²) in [5.74, 6) is 0.947.